The number of rotatable bonds is 3. The molecule has 0 amide bonds. The van der Waals surface area contributed by atoms with Crippen LogP contribution in [0, 0.1) is 0 Å². The molecule has 0 bridgehead atoms. The van der Waals surface area contributed by atoms with Crippen LogP contribution in [0.5, 0.6) is 0 Å². The molecule has 1 rings (SSSR count). The van der Waals surface area contributed by atoms with Gasteiger partial charge in [0.2, 0.25) is 0 Å². The van der Waals surface area contributed by atoms with Crippen molar-refractivity contribution in [2.24, 2.45) is 0 Å². The van der Waals surface area contributed by atoms with Gasteiger partial charge in [-0.1, -0.05) is 24.9 Å². The molecule has 0 saturated heterocycles. The maximum Gasteiger partial charge on any atom is 0.122 e. The summed E-state index contributed by atoms with van der Waals surface area (Å²) in [5, 5.41) is 0. The van der Waals surface area contributed by atoms with Gasteiger partial charge in [-0.25, -0.2) is 4.39 Å². The molecule has 0 spiro atoms. The Labute approximate surface area is 68.6 Å². The van der Waals surface area contributed by atoms with Crippen molar-refractivity contribution in [1.29, 1.82) is 0 Å². The Bertz CT molecular complexity index is 172. The van der Waals surface area contributed by atoms with Crippen molar-refractivity contribution >= 4 is 7.85 Å². The van der Waals surface area contributed by atoms with Crippen LogP contribution in [0.2, 0.25) is 6.32 Å². The van der Waals surface area contributed by atoms with Gasteiger partial charge < -0.3 is 0 Å². The molecule has 0 N–H and O–H groups in total. The normalized spacial score (nSPS) is 23.4. The quantitative estimate of drug-likeness (QED) is 0.542. The molecule has 11 heavy (non-hydrogen) atoms. The summed E-state index contributed by atoms with van der Waals surface area (Å²) in [6.07, 6.45) is 7.87. The van der Waals surface area contributed by atoms with Gasteiger partial charge in [0, 0.05) is 6.42 Å². The van der Waals surface area contributed by atoms with Crippen molar-refractivity contribution in [2.45, 2.75) is 31.8 Å². The Morgan fingerprint density at radius 3 is 3.09 bits per heavy atom. The van der Waals surface area contributed by atoms with Crippen LogP contribution in [0.15, 0.2) is 23.8 Å². The van der Waals surface area contributed by atoms with Crippen LogP contribution in [0.25, 0.3) is 0 Å². The Balaban J connectivity index is 2.37. The number of halogens is 1. The minimum atomic E-state index is -0.771. The molecule has 2 radical (unpaired) electrons. The summed E-state index contributed by atoms with van der Waals surface area (Å²) in [5.74, 6) is 0. The summed E-state index contributed by atoms with van der Waals surface area (Å²) in [6.45, 7) is 0. The topological polar surface area (TPSA) is 0 Å². The van der Waals surface area contributed by atoms with E-state index >= 15 is 0 Å². The highest BCUT2D eigenvalue weighted by Crippen LogP contribution is 2.17. The summed E-state index contributed by atoms with van der Waals surface area (Å²) in [6, 6.07) is 0. The lowest BCUT2D eigenvalue weighted by molar-refractivity contribution is 0.399. The smallest absolute Gasteiger partial charge is 0.122 e. The van der Waals surface area contributed by atoms with E-state index in [4.69, 9.17) is 7.85 Å². The van der Waals surface area contributed by atoms with Crippen LogP contribution in [0.1, 0.15) is 19.3 Å². The molecular weight excluding hydrogens is 138 g/mol. The molecule has 0 aromatic rings. The standard InChI is InChI=1S/C9H12BF/c10-6-2-4-8-3-1-5-9(11)7-8/h1,3,7,9H,2,4-6H2/t9-/m0/s1. The summed E-state index contributed by atoms with van der Waals surface area (Å²) < 4.78 is 12.7. The second-order valence-corrected chi connectivity index (χ2v) is 2.79. The number of allylic oxidation sites excluding steroid dienone is 4. The molecule has 0 aliphatic heterocycles. The van der Waals surface area contributed by atoms with Crippen LogP contribution in [-0.2, 0) is 0 Å². The molecule has 0 saturated carbocycles. The van der Waals surface area contributed by atoms with E-state index in [9.17, 15) is 4.39 Å². The lowest BCUT2D eigenvalue weighted by atomic mass is 9.95. The molecule has 1 aliphatic rings. The zero-order valence-corrected chi connectivity index (χ0v) is 6.59. The highest BCUT2D eigenvalue weighted by Gasteiger charge is 2.05. The van der Waals surface area contributed by atoms with E-state index in [1.54, 1.807) is 6.08 Å². The van der Waals surface area contributed by atoms with E-state index in [2.05, 4.69) is 0 Å². The SMILES string of the molecule is [B]CCCC1=C[C@@H](F)CC=C1. The molecule has 0 aromatic carbocycles. The summed E-state index contributed by atoms with van der Waals surface area (Å²) in [4.78, 5) is 0. The molecule has 2 heteroatoms. The van der Waals surface area contributed by atoms with E-state index in [-0.39, 0.29) is 0 Å². The number of hydrogen-bond donors (Lipinski definition) is 0. The fraction of sp³-hybridized carbons (Fsp3) is 0.556. The average molecular weight is 150 g/mol. The monoisotopic (exact) mass is 150 g/mol. The van der Waals surface area contributed by atoms with Crippen molar-refractivity contribution in [1.82, 2.24) is 0 Å². The van der Waals surface area contributed by atoms with Crippen molar-refractivity contribution in [3.63, 3.8) is 0 Å². The lowest BCUT2D eigenvalue weighted by Gasteiger charge is -2.08. The van der Waals surface area contributed by atoms with Gasteiger partial charge in [0.25, 0.3) is 0 Å². The van der Waals surface area contributed by atoms with Crippen LogP contribution in [0.4, 0.5) is 4.39 Å². The zero-order valence-electron chi connectivity index (χ0n) is 6.59. The first kappa shape index (κ1) is 8.57. The predicted octanol–water partition coefficient (Wildman–Crippen LogP) is 2.58. The molecule has 0 fully saturated rings. The van der Waals surface area contributed by atoms with Crippen LogP contribution < -0.4 is 0 Å². The fourth-order valence-electron chi connectivity index (χ4n) is 1.18. The maximum absolute atomic E-state index is 12.7. The Morgan fingerprint density at radius 1 is 1.64 bits per heavy atom. The Hall–Kier alpha value is -0.525. The lowest BCUT2D eigenvalue weighted by Crippen LogP contribution is -1.99. The van der Waals surface area contributed by atoms with Crippen LogP contribution in [0.3, 0.4) is 0 Å². The minimum absolute atomic E-state index is 0.534. The van der Waals surface area contributed by atoms with Gasteiger partial charge in [-0.2, -0.15) is 0 Å². The molecule has 1 atom stereocenters. The first-order valence-electron chi connectivity index (χ1n) is 4.04. The van der Waals surface area contributed by atoms with Crippen molar-refractivity contribution in [3.05, 3.63) is 23.8 Å². The Kier molecular flexibility index (Phi) is 3.41. The van der Waals surface area contributed by atoms with Crippen molar-refractivity contribution in [2.75, 3.05) is 0 Å². The predicted molar refractivity (Wildman–Crippen MR) is 46.5 cm³/mol. The molecule has 0 nitrogen and oxygen atoms in total. The van der Waals surface area contributed by atoms with Gasteiger partial charge >= 0.3 is 0 Å². The van der Waals surface area contributed by atoms with Crippen molar-refractivity contribution < 1.29 is 4.39 Å². The summed E-state index contributed by atoms with van der Waals surface area (Å²) in [7, 11) is 5.34. The van der Waals surface area contributed by atoms with E-state index in [0.29, 0.717) is 12.7 Å². The third-order valence-corrected chi connectivity index (χ3v) is 1.76. The number of hydrogen-bond acceptors (Lipinski definition) is 0. The maximum atomic E-state index is 12.7. The van der Waals surface area contributed by atoms with Gasteiger partial charge in [0.15, 0.2) is 0 Å². The molecule has 0 aromatic heterocycles. The van der Waals surface area contributed by atoms with Gasteiger partial charge in [0.05, 0.1) is 7.85 Å². The second kappa shape index (κ2) is 4.37. The molecule has 0 heterocycles. The molecule has 58 valence electrons. The first-order chi connectivity index (χ1) is 5.33. The third-order valence-electron chi connectivity index (χ3n) is 1.76. The second-order valence-electron chi connectivity index (χ2n) is 2.79. The number of alkyl halides is 1. The average Bonchev–Trinajstić information content (AvgIpc) is 2.01. The summed E-state index contributed by atoms with van der Waals surface area (Å²) in [5.41, 5.74) is 1.09. The van der Waals surface area contributed by atoms with E-state index in [1.807, 2.05) is 12.2 Å². The van der Waals surface area contributed by atoms with E-state index in [0.717, 1.165) is 18.4 Å². The fourth-order valence-corrected chi connectivity index (χ4v) is 1.18. The van der Waals surface area contributed by atoms with E-state index < -0.39 is 6.17 Å². The van der Waals surface area contributed by atoms with Gasteiger partial charge in [0.1, 0.15) is 6.17 Å². The molecule has 0 unspecified atom stereocenters. The minimum Gasteiger partial charge on any atom is -0.243 e. The molecule has 1 aliphatic carbocycles. The van der Waals surface area contributed by atoms with Gasteiger partial charge in [-0.15, -0.1) is 0 Å². The third kappa shape index (κ3) is 2.92. The molecular formula is C9H12BF. The Morgan fingerprint density at radius 2 is 2.45 bits per heavy atom. The largest absolute Gasteiger partial charge is 0.243 e. The first-order valence-corrected chi connectivity index (χ1v) is 4.04. The van der Waals surface area contributed by atoms with Crippen LogP contribution >= 0.6 is 0 Å². The van der Waals surface area contributed by atoms with Gasteiger partial charge in [-0.3, -0.25) is 0 Å². The van der Waals surface area contributed by atoms with Gasteiger partial charge in [-0.05, 0) is 18.1 Å². The van der Waals surface area contributed by atoms with Crippen LogP contribution in [-0.4, -0.2) is 14.0 Å². The van der Waals surface area contributed by atoms with Crippen molar-refractivity contribution in [3.8, 4) is 0 Å². The van der Waals surface area contributed by atoms with E-state index in [1.165, 1.54) is 0 Å². The highest BCUT2D eigenvalue weighted by atomic mass is 19.1. The highest BCUT2D eigenvalue weighted by molar-refractivity contribution is 6.08. The summed E-state index contributed by atoms with van der Waals surface area (Å²) >= 11 is 0. The zero-order chi connectivity index (χ0) is 8.10.